The molecule has 0 aliphatic carbocycles. The fourth-order valence-electron chi connectivity index (χ4n) is 5.19. The Hall–Kier alpha value is -5.16. The number of carbonyl (C=O) groups is 2. The van der Waals surface area contributed by atoms with Gasteiger partial charge in [0.05, 0.1) is 0 Å². The summed E-state index contributed by atoms with van der Waals surface area (Å²) in [6.07, 6.45) is 3.69. The predicted molar refractivity (Wildman–Crippen MR) is 155 cm³/mol. The third-order valence-electron chi connectivity index (χ3n) is 7.34. The van der Waals surface area contributed by atoms with Gasteiger partial charge >= 0.3 is 0 Å². The molecule has 0 saturated carbocycles. The highest BCUT2D eigenvalue weighted by atomic mass is 16.1. The second kappa shape index (κ2) is 9.95. The van der Waals surface area contributed by atoms with Crippen molar-refractivity contribution in [2.24, 2.45) is 0 Å². The zero-order chi connectivity index (χ0) is 26.9. The smallest absolute Gasteiger partial charge is 0.168 e. The molecule has 0 saturated heterocycles. The molecule has 6 aromatic rings. The number of hydrogen-bond donors (Lipinski definition) is 0. The molecule has 188 valence electrons. The molecule has 0 aliphatic heterocycles. The lowest BCUT2D eigenvalue weighted by molar-refractivity contribution is 0.111. The fraction of sp³-hybridized carbons (Fsp3) is 0.0588. The molecule has 0 spiro atoms. The Balaban J connectivity index is 1.39. The van der Waals surface area contributed by atoms with Crippen molar-refractivity contribution in [1.29, 1.82) is 0 Å². The zero-order valence-corrected chi connectivity index (χ0v) is 21.6. The summed E-state index contributed by atoms with van der Waals surface area (Å²) in [7, 11) is 0. The Labute approximate surface area is 226 Å². The standard InChI is InChI=1S/C34H25N3O2/c1-22-29(26-13-9-24(20-38)10-14-26)5-3-7-31(22)32-8-4-6-30(23(32)2)28-17-18-37-33(19-28)35-36-34(37)27-15-11-25(21-39)12-16-27/h3-21H,1-2H3. The Bertz CT molecular complexity index is 1850. The number of aldehydes is 2. The van der Waals surface area contributed by atoms with Gasteiger partial charge in [0.25, 0.3) is 0 Å². The lowest BCUT2D eigenvalue weighted by atomic mass is 9.88. The maximum absolute atomic E-state index is 11.1. The molecule has 6 rings (SSSR count). The summed E-state index contributed by atoms with van der Waals surface area (Å²) in [6.45, 7) is 4.31. The van der Waals surface area contributed by atoms with E-state index in [0.717, 1.165) is 51.9 Å². The van der Waals surface area contributed by atoms with E-state index in [4.69, 9.17) is 0 Å². The first-order valence-corrected chi connectivity index (χ1v) is 12.7. The molecule has 2 aromatic heterocycles. The van der Waals surface area contributed by atoms with Crippen LogP contribution in [-0.2, 0) is 0 Å². The van der Waals surface area contributed by atoms with E-state index in [2.05, 4.69) is 72.6 Å². The predicted octanol–water partition coefficient (Wildman–Crippen LogP) is 7.64. The summed E-state index contributed by atoms with van der Waals surface area (Å²) in [5.74, 6) is 0.730. The van der Waals surface area contributed by atoms with E-state index in [9.17, 15) is 9.59 Å². The van der Waals surface area contributed by atoms with Gasteiger partial charge in [-0.05, 0) is 70.5 Å². The molecular formula is C34H25N3O2. The summed E-state index contributed by atoms with van der Waals surface area (Å²) >= 11 is 0. The summed E-state index contributed by atoms with van der Waals surface area (Å²) in [5.41, 5.74) is 12.1. The quantitative estimate of drug-likeness (QED) is 0.217. The minimum absolute atomic E-state index is 0.627. The van der Waals surface area contributed by atoms with Crippen molar-refractivity contribution < 1.29 is 9.59 Å². The van der Waals surface area contributed by atoms with E-state index in [1.54, 1.807) is 12.1 Å². The first-order chi connectivity index (χ1) is 19.1. The number of carbonyl (C=O) groups excluding carboxylic acids is 2. The number of rotatable bonds is 6. The van der Waals surface area contributed by atoms with Gasteiger partial charge in [-0.15, -0.1) is 10.2 Å². The van der Waals surface area contributed by atoms with Crippen molar-refractivity contribution in [3.05, 3.63) is 126 Å². The van der Waals surface area contributed by atoms with Crippen LogP contribution in [0, 0.1) is 13.8 Å². The molecular weight excluding hydrogens is 482 g/mol. The Morgan fingerprint density at radius 1 is 0.564 bits per heavy atom. The minimum Gasteiger partial charge on any atom is -0.298 e. The van der Waals surface area contributed by atoms with Crippen LogP contribution in [0.5, 0.6) is 0 Å². The van der Waals surface area contributed by atoms with Crippen LogP contribution in [0.3, 0.4) is 0 Å². The van der Waals surface area contributed by atoms with E-state index >= 15 is 0 Å². The summed E-state index contributed by atoms with van der Waals surface area (Å²) in [5, 5.41) is 8.84. The van der Waals surface area contributed by atoms with E-state index < -0.39 is 0 Å². The molecule has 0 fully saturated rings. The fourth-order valence-corrected chi connectivity index (χ4v) is 5.19. The minimum atomic E-state index is 0.627. The van der Waals surface area contributed by atoms with Crippen LogP contribution in [-0.4, -0.2) is 27.2 Å². The molecule has 0 radical (unpaired) electrons. The van der Waals surface area contributed by atoms with Crippen LogP contribution in [0.4, 0.5) is 0 Å². The van der Waals surface area contributed by atoms with Crippen LogP contribution < -0.4 is 0 Å². The average Bonchev–Trinajstić information content (AvgIpc) is 3.41. The number of benzene rings is 4. The van der Waals surface area contributed by atoms with Gasteiger partial charge in [-0.2, -0.15) is 0 Å². The van der Waals surface area contributed by atoms with Gasteiger partial charge in [0.2, 0.25) is 0 Å². The summed E-state index contributed by atoms with van der Waals surface area (Å²) in [4.78, 5) is 22.1. The van der Waals surface area contributed by atoms with Crippen LogP contribution >= 0.6 is 0 Å². The molecule has 0 bridgehead atoms. The molecule has 5 nitrogen and oxygen atoms in total. The maximum atomic E-state index is 11.1. The van der Waals surface area contributed by atoms with Gasteiger partial charge in [0.1, 0.15) is 12.6 Å². The number of aromatic nitrogens is 3. The van der Waals surface area contributed by atoms with Crippen LogP contribution in [0.25, 0.3) is 50.4 Å². The van der Waals surface area contributed by atoms with Crippen LogP contribution in [0.15, 0.2) is 103 Å². The molecule has 0 amide bonds. The van der Waals surface area contributed by atoms with E-state index in [1.165, 1.54) is 22.3 Å². The highest BCUT2D eigenvalue weighted by molar-refractivity contribution is 5.85. The summed E-state index contributed by atoms with van der Waals surface area (Å²) < 4.78 is 1.96. The van der Waals surface area contributed by atoms with Crippen molar-refractivity contribution in [2.45, 2.75) is 13.8 Å². The number of nitrogens with zero attached hydrogens (tertiary/aromatic N) is 3. The number of hydrogen-bond acceptors (Lipinski definition) is 4. The van der Waals surface area contributed by atoms with Gasteiger partial charge in [-0.1, -0.05) is 84.9 Å². The van der Waals surface area contributed by atoms with Gasteiger partial charge in [-0.3, -0.25) is 14.0 Å². The molecule has 2 heterocycles. The normalized spacial score (nSPS) is 11.0. The largest absolute Gasteiger partial charge is 0.298 e. The molecule has 0 N–H and O–H groups in total. The van der Waals surface area contributed by atoms with Crippen molar-refractivity contribution in [1.82, 2.24) is 14.6 Å². The molecule has 4 aromatic carbocycles. The molecule has 5 heteroatoms. The van der Waals surface area contributed by atoms with Gasteiger partial charge < -0.3 is 0 Å². The molecule has 0 aliphatic rings. The average molecular weight is 508 g/mol. The highest BCUT2D eigenvalue weighted by Crippen LogP contribution is 2.37. The number of fused-ring (bicyclic) bond motifs is 1. The SMILES string of the molecule is Cc1c(-c2ccc(C=O)cc2)cccc1-c1cccc(-c2ccn3c(-c4ccc(C=O)cc4)nnc3c2)c1C. The van der Waals surface area contributed by atoms with Gasteiger partial charge in [-0.25, -0.2) is 0 Å². The molecule has 39 heavy (non-hydrogen) atoms. The van der Waals surface area contributed by atoms with E-state index in [-0.39, 0.29) is 0 Å². The van der Waals surface area contributed by atoms with Crippen LogP contribution in [0.2, 0.25) is 0 Å². The first kappa shape index (κ1) is 24.2. The lowest BCUT2D eigenvalue weighted by Crippen LogP contribution is -1.94. The van der Waals surface area contributed by atoms with E-state index in [1.807, 2.05) is 47.0 Å². The van der Waals surface area contributed by atoms with Crippen molar-refractivity contribution >= 4 is 18.2 Å². The van der Waals surface area contributed by atoms with Gasteiger partial charge in [0.15, 0.2) is 11.5 Å². The van der Waals surface area contributed by atoms with Crippen molar-refractivity contribution in [3.8, 4) is 44.8 Å². The topological polar surface area (TPSA) is 64.3 Å². The Morgan fingerprint density at radius 2 is 1.08 bits per heavy atom. The Kier molecular flexibility index (Phi) is 6.17. The summed E-state index contributed by atoms with van der Waals surface area (Å²) in [6, 6.07) is 31.9. The first-order valence-electron chi connectivity index (χ1n) is 12.7. The zero-order valence-electron chi connectivity index (χ0n) is 21.6. The molecule has 0 unspecified atom stereocenters. The third-order valence-corrected chi connectivity index (χ3v) is 7.34. The van der Waals surface area contributed by atoms with Crippen molar-refractivity contribution in [3.63, 3.8) is 0 Å². The maximum Gasteiger partial charge on any atom is 0.168 e. The monoisotopic (exact) mass is 507 g/mol. The molecule has 0 atom stereocenters. The van der Waals surface area contributed by atoms with Crippen molar-refractivity contribution in [2.75, 3.05) is 0 Å². The lowest BCUT2D eigenvalue weighted by Gasteiger charge is -2.16. The second-order valence-electron chi connectivity index (χ2n) is 9.60. The second-order valence-corrected chi connectivity index (χ2v) is 9.60. The third kappa shape index (κ3) is 4.34. The van der Waals surface area contributed by atoms with E-state index in [0.29, 0.717) is 11.1 Å². The highest BCUT2D eigenvalue weighted by Gasteiger charge is 2.15. The van der Waals surface area contributed by atoms with Gasteiger partial charge in [0, 0.05) is 22.9 Å². The Morgan fingerprint density at radius 3 is 1.64 bits per heavy atom. The van der Waals surface area contributed by atoms with Crippen LogP contribution in [0.1, 0.15) is 31.8 Å². The number of pyridine rings is 1.